The van der Waals surface area contributed by atoms with Crippen molar-refractivity contribution in [2.24, 2.45) is 5.92 Å². The Morgan fingerprint density at radius 2 is 1.42 bits per heavy atom. The third-order valence-electron chi connectivity index (χ3n) is 2.31. The molecule has 2 N–H and O–H groups in total. The highest BCUT2D eigenvalue weighted by molar-refractivity contribution is 5.86. The number of carboxylic acid groups (broad SMARTS) is 2. The maximum Gasteiger partial charge on any atom is 0.330 e. The maximum absolute atomic E-state index is 10.2. The van der Waals surface area contributed by atoms with Crippen molar-refractivity contribution in [3.8, 4) is 0 Å². The van der Waals surface area contributed by atoms with Crippen LogP contribution in [0.15, 0.2) is 23.3 Å². The zero-order valence-electron chi connectivity index (χ0n) is 12.6. The lowest BCUT2D eigenvalue weighted by Gasteiger charge is -1.97. The van der Waals surface area contributed by atoms with E-state index in [4.69, 9.17) is 10.2 Å². The van der Waals surface area contributed by atoms with E-state index in [1.807, 2.05) is 6.92 Å². The summed E-state index contributed by atoms with van der Waals surface area (Å²) >= 11 is 0. The molecule has 0 aromatic rings. The number of rotatable bonds is 6. The minimum Gasteiger partial charge on any atom is -0.478 e. The summed E-state index contributed by atoms with van der Waals surface area (Å²) in [7, 11) is 0. The number of hydrogen-bond acceptors (Lipinski definition) is 2. The number of carboxylic acids is 2. The Hall–Kier alpha value is -1.58. The first-order chi connectivity index (χ1) is 8.72. The van der Waals surface area contributed by atoms with Crippen LogP contribution in [0.3, 0.4) is 0 Å². The number of unbranched alkanes of at least 4 members (excludes halogenated alkanes) is 1. The summed E-state index contributed by atoms with van der Waals surface area (Å²) in [6.07, 6.45) is 6.20. The van der Waals surface area contributed by atoms with E-state index in [1.54, 1.807) is 26.0 Å². The van der Waals surface area contributed by atoms with Crippen LogP contribution in [0.5, 0.6) is 0 Å². The van der Waals surface area contributed by atoms with E-state index in [9.17, 15) is 9.59 Å². The monoisotopic (exact) mass is 270 g/mol. The second kappa shape index (κ2) is 11.5. The van der Waals surface area contributed by atoms with E-state index in [-0.39, 0.29) is 0 Å². The summed E-state index contributed by atoms with van der Waals surface area (Å²) in [5.74, 6) is -1.10. The standard InChI is InChI=1S/C8H14O2.C7H12O2/c1-6(2)4-5-7(3)8(9)10;1-3-4-5-6(2)7(8)9/h5-6H,4H2,1-3H3,(H,9,10);5H,3-4H2,1-2H3,(H,8,9)/b7-5+;6-5+. The Bertz CT molecular complexity index is 338. The lowest BCUT2D eigenvalue weighted by molar-refractivity contribution is -0.133. The molecule has 0 saturated carbocycles. The van der Waals surface area contributed by atoms with Crippen LogP contribution in [0.25, 0.3) is 0 Å². The number of allylic oxidation sites excluding steroid dienone is 2. The fraction of sp³-hybridized carbons (Fsp3) is 0.600. The first-order valence-electron chi connectivity index (χ1n) is 6.52. The van der Waals surface area contributed by atoms with Gasteiger partial charge in [0.25, 0.3) is 0 Å². The predicted molar refractivity (Wildman–Crippen MR) is 77.1 cm³/mol. The summed E-state index contributed by atoms with van der Waals surface area (Å²) in [5.41, 5.74) is 0.880. The molecule has 0 heterocycles. The lowest BCUT2D eigenvalue weighted by Crippen LogP contribution is -1.96. The molecule has 0 rings (SSSR count). The molecule has 0 aliphatic rings. The topological polar surface area (TPSA) is 74.6 Å². The quantitative estimate of drug-likeness (QED) is 0.718. The Balaban J connectivity index is 0. The molecule has 0 spiro atoms. The van der Waals surface area contributed by atoms with Crippen LogP contribution < -0.4 is 0 Å². The molecule has 0 aromatic heterocycles. The van der Waals surface area contributed by atoms with Crippen molar-refractivity contribution < 1.29 is 19.8 Å². The minimum atomic E-state index is -0.819. The third-order valence-corrected chi connectivity index (χ3v) is 2.31. The smallest absolute Gasteiger partial charge is 0.330 e. The minimum absolute atomic E-state index is 0.439. The van der Waals surface area contributed by atoms with E-state index in [0.29, 0.717) is 17.1 Å². The molecule has 0 aliphatic carbocycles. The van der Waals surface area contributed by atoms with Crippen LogP contribution in [0, 0.1) is 5.92 Å². The van der Waals surface area contributed by atoms with Crippen LogP contribution in [-0.4, -0.2) is 22.2 Å². The normalized spacial score (nSPS) is 11.9. The van der Waals surface area contributed by atoms with Gasteiger partial charge in [0.05, 0.1) is 0 Å². The predicted octanol–water partition coefficient (Wildman–Crippen LogP) is 3.88. The second-order valence-corrected chi connectivity index (χ2v) is 4.80. The summed E-state index contributed by atoms with van der Waals surface area (Å²) in [4.78, 5) is 20.4. The zero-order valence-corrected chi connectivity index (χ0v) is 12.6. The molecular weight excluding hydrogens is 244 g/mol. The molecule has 110 valence electrons. The van der Waals surface area contributed by atoms with Gasteiger partial charge in [-0.2, -0.15) is 0 Å². The van der Waals surface area contributed by atoms with E-state index < -0.39 is 11.9 Å². The fourth-order valence-corrected chi connectivity index (χ4v) is 0.948. The van der Waals surface area contributed by atoms with Crippen molar-refractivity contribution >= 4 is 11.9 Å². The van der Waals surface area contributed by atoms with E-state index in [1.165, 1.54) is 0 Å². The second-order valence-electron chi connectivity index (χ2n) is 4.80. The van der Waals surface area contributed by atoms with Crippen molar-refractivity contribution in [3.05, 3.63) is 23.3 Å². The third kappa shape index (κ3) is 14.4. The molecule has 4 heteroatoms. The van der Waals surface area contributed by atoms with Gasteiger partial charge in [-0.1, -0.05) is 39.3 Å². The Morgan fingerprint density at radius 1 is 1.00 bits per heavy atom. The SMILES string of the molecule is C/C(=C\CC(C)C)C(=O)O.CCC/C=C(\C)C(=O)O. The van der Waals surface area contributed by atoms with Gasteiger partial charge < -0.3 is 10.2 Å². The van der Waals surface area contributed by atoms with Crippen molar-refractivity contribution in [2.45, 2.75) is 53.9 Å². The molecule has 0 aromatic carbocycles. The van der Waals surface area contributed by atoms with Crippen molar-refractivity contribution in [3.63, 3.8) is 0 Å². The average Bonchev–Trinajstić information content (AvgIpc) is 2.33. The average molecular weight is 270 g/mol. The molecule has 19 heavy (non-hydrogen) atoms. The van der Waals surface area contributed by atoms with Gasteiger partial charge in [0.15, 0.2) is 0 Å². The summed E-state index contributed by atoms with van der Waals surface area (Å²) in [6.45, 7) is 9.37. The van der Waals surface area contributed by atoms with E-state index >= 15 is 0 Å². The first kappa shape index (κ1) is 19.8. The molecular formula is C15H26O4. The van der Waals surface area contributed by atoms with Gasteiger partial charge in [-0.25, -0.2) is 9.59 Å². The Kier molecular flexibility index (Phi) is 12.0. The van der Waals surface area contributed by atoms with Crippen molar-refractivity contribution in [1.82, 2.24) is 0 Å². The van der Waals surface area contributed by atoms with E-state index in [2.05, 4.69) is 13.8 Å². The largest absolute Gasteiger partial charge is 0.478 e. The van der Waals surface area contributed by atoms with Gasteiger partial charge in [0.2, 0.25) is 0 Å². The van der Waals surface area contributed by atoms with Gasteiger partial charge in [0.1, 0.15) is 0 Å². The Morgan fingerprint density at radius 3 is 1.74 bits per heavy atom. The van der Waals surface area contributed by atoms with Crippen LogP contribution in [0.1, 0.15) is 53.9 Å². The van der Waals surface area contributed by atoms with Crippen LogP contribution in [0.4, 0.5) is 0 Å². The Labute approximate surface area is 115 Å². The summed E-state index contributed by atoms with van der Waals surface area (Å²) in [6, 6.07) is 0. The molecule has 0 bridgehead atoms. The van der Waals surface area contributed by atoms with Crippen molar-refractivity contribution in [1.29, 1.82) is 0 Å². The lowest BCUT2D eigenvalue weighted by atomic mass is 10.1. The highest BCUT2D eigenvalue weighted by Crippen LogP contribution is 2.03. The summed E-state index contributed by atoms with van der Waals surface area (Å²) in [5, 5.41) is 16.8. The van der Waals surface area contributed by atoms with E-state index in [0.717, 1.165) is 19.3 Å². The van der Waals surface area contributed by atoms with Gasteiger partial charge in [-0.3, -0.25) is 0 Å². The maximum atomic E-state index is 10.2. The van der Waals surface area contributed by atoms with Crippen LogP contribution >= 0.6 is 0 Å². The van der Waals surface area contributed by atoms with Gasteiger partial charge >= 0.3 is 11.9 Å². The molecule has 4 nitrogen and oxygen atoms in total. The van der Waals surface area contributed by atoms with Crippen LogP contribution in [-0.2, 0) is 9.59 Å². The number of aliphatic carboxylic acids is 2. The van der Waals surface area contributed by atoms with Gasteiger partial charge in [-0.05, 0) is 32.6 Å². The molecule has 0 unspecified atom stereocenters. The highest BCUT2D eigenvalue weighted by Gasteiger charge is 1.98. The molecule has 0 aliphatic heterocycles. The molecule has 0 fully saturated rings. The van der Waals surface area contributed by atoms with Crippen molar-refractivity contribution in [2.75, 3.05) is 0 Å². The molecule has 0 atom stereocenters. The van der Waals surface area contributed by atoms with Gasteiger partial charge in [-0.15, -0.1) is 0 Å². The number of hydrogen-bond donors (Lipinski definition) is 2. The molecule has 0 radical (unpaired) electrons. The van der Waals surface area contributed by atoms with Crippen LogP contribution in [0.2, 0.25) is 0 Å². The zero-order chi connectivity index (χ0) is 15.4. The highest BCUT2D eigenvalue weighted by atomic mass is 16.4. The fourth-order valence-electron chi connectivity index (χ4n) is 0.948. The number of carbonyl (C=O) groups is 2. The van der Waals surface area contributed by atoms with Gasteiger partial charge in [0, 0.05) is 11.1 Å². The molecule has 0 amide bonds. The molecule has 0 saturated heterocycles. The summed E-state index contributed by atoms with van der Waals surface area (Å²) < 4.78 is 0. The first-order valence-corrected chi connectivity index (χ1v) is 6.52.